The van der Waals surface area contributed by atoms with Crippen LogP contribution in [0.15, 0.2) is 0 Å². The number of nitrogens with one attached hydrogen (secondary N) is 1. The fraction of sp³-hybridized carbons (Fsp3) is 0.867. The second kappa shape index (κ2) is 8.95. The molecule has 0 aromatic heterocycles. The second-order valence-corrected chi connectivity index (χ2v) is 6.06. The van der Waals surface area contributed by atoms with Crippen LogP contribution >= 0.6 is 0 Å². The predicted molar refractivity (Wildman–Crippen MR) is 78.3 cm³/mol. The van der Waals surface area contributed by atoms with Crippen molar-refractivity contribution in [1.29, 1.82) is 0 Å². The number of methoxy groups -OCH3 is 1. The summed E-state index contributed by atoms with van der Waals surface area (Å²) < 4.78 is 10.3. The first kappa shape index (κ1) is 18.9. The zero-order valence-corrected chi connectivity index (χ0v) is 13.6. The van der Waals surface area contributed by atoms with E-state index in [1.807, 2.05) is 34.6 Å². The monoisotopic (exact) mass is 287 g/mol. The van der Waals surface area contributed by atoms with Crippen LogP contribution in [0.5, 0.6) is 0 Å². The molecule has 0 aliphatic rings. The molecule has 5 heteroatoms. The molecule has 0 radical (unpaired) electrons. The Bertz CT molecular complexity index is 309. The second-order valence-electron chi connectivity index (χ2n) is 6.06. The summed E-state index contributed by atoms with van der Waals surface area (Å²) in [7, 11) is 1.60. The topological polar surface area (TPSA) is 64.6 Å². The molecule has 0 fully saturated rings. The van der Waals surface area contributed by atoms with Gasteiger partial charge in [0.1, 0.15) is 11.6 Å². The van der Waals surface area contributed by atoms with Gasteiger partial charge >= 0.3 is 5.97 Å². The fourth-order valence-corrected chi connectivity index (χ4v) is 1.66. The number of carbonyl (C=O) groups excluding carboxylic acids is 2. The van der Waals surface area contributed by atoms with Crippen molar-refractivity contribution < 1.29 is 19.1 Å². The van der Waals surface area contributed by atoms with Crippen molar-refractivity contribution >= 4 is 11.9 Å². The van der Waals surface area contributed by atoms with Crippen molar-refractivity contribution in [1.82, 2.24) is 5.32 Å². The van der Waals surface area contributed by atoms with Crippen LogP contribution < -0.4 is 5.32 Å². The molecule has 20 heavy (non-hydrogen) atoms. The highest BCUT2D eigenvalue weighted by Crippen LogP contribution is 2.15. The normalized spacial score (nSPS) is 14.5. The molecule has 0 aromatic rings. The van der Waals surface area contributed by atoms with Crippen LogP contribution in [-0.4, -0.2) is 37.2 Å². The molecule has 0 aromatic carbocycles. The average Bonchev–Trinajstić information content (AvgIpc) is 2.33. The van der Waals surface area contributed by atoms with Crippen molar-refractivity contribution in [3.05, 3.63) is 0 Å². The first-order chi connectivity index (χ1) is 9.21. The molecule has 2 atom stereocenters. The summed E-state index contributed by atoms with van der Waals surface area (Å²) in [6.45, 7) is 9.91. The van der Waals surface area contributed by atoms with Gasteiger partial charge in [-0.1, -0.05) is 20.3 Å². The summed E-state index contributed by atoms with van der Waals surface area (Å²) in [5.74, 6) is -0.471. The lowest BCUT2D eigenvalue weighted by molar-refractivity contribution is -0.160. The number of ether oxygens (including phenoxy) is 2. The van der Waals surface area contributed by atoms with E-state index in [2.05, 4.69) is 5.32 Å². The molecule has 0 rings (SSSR count). The van der Waals surface area contributed by atoms with Gasteiger partial charge in [-0.3, -0.25) is 4.79 Å². The molecule has 0 unspecified atom stereocenters. The lowest BCUT2D eigenvalue weighted by atomic mass is 9.98. The van der Waals surface area contributed by atoms with Crippen LogP contribution in [0, 0.1) is 5.92 Å². The Hall–Kier alpha value is -1.10. The first-order valence-electron chi connectivity index (χ1n) is 7.22. The van der Waals surface area contributed by atoms with Gasteiger partial charge in [0, 0.05) is 20.1 Å². The van der Waals surface area contributed by atoms with Crippen LogP contribution in [0.3, 0.4) is 0 Å². The summed E-state index contributed by atoms with van der Waals surface area (Å²) in [5, 5.41) is 2.78. The van der Waals surface area contributed by atoms with Crippen LogP contribution in [0.2, 0.25) is 0 Å². The van der Waals surface area contributed by atoms with E-state index >= 15 is 0 Å². The minimum atomic E-state index is -0.589. The molecule has 1 amide bonds. The quantitative estimate of drug-likeness (QED) is 0.549. The van der Waals surface area contributed by atoms with Crippen molar-refractivity contribution in [2.24, 2.45) is 5.92 Å². The molecule has 0 spiro atoms. The zero-order chi connectivity index (χ0) is 15.8. The van der Waals surface area contributed by atoms with E-state index in [9.17, 15) is 9.59 Å². The van der Waals surface area contributed by atoms with Gasteiger partial charge in [-0.25, -0.2) is 4.79 Å². The van der Waals surface area contributed by atoms with Gasteiger partial charge in [-0.05, 0) is 33.1 Å². The number of hydrogen-bond acceptors (Lipinski definition) is 4. The van der Waals surface area contributed by atoms with Gasteiger partial charge in [-0.2, -0.15) is 0 Å². The molecule has 5 nitrogen and oxygen atoms in total. The molecule has 0 bridgehead atoms. The van der Waals surface area contributed by atoms with Crippen LogP contribution in [0.1, 0.15) is 53.9 Å². The van der Waals surface area contributed by atoms with Crippen molar-refractivity contribution in [2.45, 2.75) is 65.5 Å². The Morgan fingerprint density at radius 2 is 1.85 bits per heavy atom. The maximum absolute atomic E-state index is 12.2. The molecular formula is C15H29NO4. The third kappa shape index (κ3) is 8.15. The summed E-state index contributed by atoms with van der Waals surface area (Å²) >= 11 is 0. The van der Waals surface area contributed by atoms with E-state index in [0.29, 0.717) is 19.4 Å². The number of amides is 1. The van der Waals surface area contributed by atoms with Gasteiger partial charge in [0.05, 0.1) is 0 Å². The molecule has 0 saturated carbocycles. The van der Waals surface area contributed by atoms with E-state index in [1.165, 1.54) is 0 Å². The molecule has 118 valence electrons. The Labute approximate surface area is 122 Å². The molecule has 0 heterocycles. The van der Waals surface area contributed by atoms with Crippen LogP contribution in [0.25, 0.3) is 0 Å². The first-order valence-corrected chi connectivity index (χ1v) is 7.22. The van der Waals surface area contributed by atoms with Crippen LogP contribution in [0.4, 0.5) is 0 Å². The van der Waals surface area contributed by atoms with E-state index < -0.39 is 11.6 Å². The van der Waals surface area contributed by atoms with E-state index in [4.69, 9.17) is 9.47 Å². The number of rotatable bonds is 8. The van der Waals surface area contributed by atoms with Gasteiger partial charge < -0.3 is 14.8 Å². The van der Waals surface area contributed by atoms with E-state index in [1.54, 1.807) is 7.11 Å². The van der Waals surface area contributed by atoms with Crippen LogP contribution in [-0.2, 0) is 19.1 Å². The van der Waals surface area contributed by atoms with Crippen molar-refractivity contribution in [3.63, 3.8) is 0 Å². The zero-order valence-electron chi connectivity index (χ0n) is 13.6. The molecule has 0 saturated heterocycles. The highest BCUT2D eigenvalue weighted by molar-refractivity contribution is 5.84. The Kier molecular flexibility index (Phi) is 8.46. The third-order valence-corrected chi connectivity index (χ3v) is 2.94. The predicted octanol–water partition coefficient (Wildman–Crippen LogP) is 2.29. The van der Waals surface area contributed by atoms with E-state index in [-0.39, 0.29) is 17.8 Å². The Morgan fingerprint density at radius 1 is 1.25 bits per heavy atom. The standard InChI is InChI=1S/C15H29NO4/c1-7-11(2)13(14(18)20-15(3,4)5)16-12(17)9-8-10-19-6/h11,13H,7-10H2,1-6H3,(H,16,17)/t11-,13-/m0/s1. The van der Waals surface area contributed by atoms with Crippen molar-refractivity contribution in [3.8, 4) is 0 Å². The lowest BCUT2D eigenvalue weighted by Crippen LogP contribution is -2.47. The van der Waals surface area contributed by atoms with Gasteiger partial charge in [0.25, 0.3) is 0 Å². The van der Waals surface area contributed by atoms with Gasteiger partial charge in [0.15, 0.2) is 0 Å². The van der Waals surface area contributed by atoms with Gasteiger partial charge in [0.2, 0.25) is 5.91 Å². The molecule has 0 aliphatic carbocycles. The third-order valence-electron chi connectivity index (χ3n) is 2.94. The summed E-state index contributed by atoms with van der Waals surface area (Å²) in [6, 6.07) is -0.589. The maximum atomic E-state index is 12.2. The number of carbonyl (C=O) groups is 2. The largest absolute Gasteiger partial charge is 0.458 e. The number of esters is 1. The fourth-order valence-electron chi connectivity index (χ4n) is 1.66. The van der Waals surface area contributed by atoms with Gasteiger partial charge in [-0.15, -0.1) is 0 Å². The highest BCUT2D eigenvalue weighted by atomic mass is 16.6. The minimum Gasteiger partial charge on any atom is -0.458 e. The minimum absolute atomic E-state index is 0.0382. The SMILES string of the molecule is CC[C@H](C)[C@H](NC(=O)CCCOC)C(=O)OC(C)(C)C. The number of hydrogen-bond donors (Lipinski definition) is 1. The van der Waals surface area contributed by atoms with Crippen molar-refractivity contribution in [2.75, 3.05) is 13.7 Å². The van der Waals surface area contributed by atoms with E-state index in [0.717, 1.165) is 6.42 Å². The average molecular weight is 287 g/mol. The summed E-state index contributed by atoms with van der Waals surface area (Å²) in [4.78, 5) is 24.0. The lowest BCUT2D eigenvalue weighted by Gasteiger charge is -2.27. The highest BCUT2D eigenvalue weighted by Gasteiger charge is 2.30. The Balaban J connectivity index is 4.57. The molecule has 0 aliphatic heterocycles. The molecule has 1 N–H and O–H groups in total. The maximum Gasteiger partial charge on any atom is 0.329 e. The Morgan fingerprint density at radius 3 is 2.30 bits per heavy atom. The molecular weight excluding hydrogens is 258 g/mol. The smallest absolute Gasteiger partial charge is 0.329 e. The summed E-state index contributed by atoms with van der Waals surface area (Å²) in [6.07, 6.45) is 1.79. The summed E-state index contributed by atoms with van der Waals surface area (Å²) in [5.41, 5.74) is -0.552.